The van der Waals surface area contributed by atoms with Crippen LogP contribution in [0.3, 0.4) is 0 Å². The summed E-state index contributed by atoms with van der Waals surface area (Å²) in [7, 11) is 0. The molecule has 0 aliphatic heterocycles. The SMILES string of the molecule is OC(CCl)CNc1cc(Br)c(Cl)c(Br)c1. The molecule has 0 amide bonds. The molecule has 0 aliphatic carbocycles. The Kier molecular flexibility index (Phi) is 5.71. The normalized spacial score (nSPS) is 12.6. The topological polar surface area (TPSA) is 32.3 Å². The van der Waals surface area contributed by atoms with Crippen molar-refractivity contribution in [1.29, 1.82) is 0 Å². The predicted octanol–water partition coefficient (Wildman–Crippen LogP) is 3.88. The molecule has 1 aromatic rings. The average Bonchev–Trinajstić information content (AvgIpc) is 2.22. The van der Waals surface area contributed by atoms with Crippen LogP contribution in [-0.4, -0.2) is 23.6 Å². The largest absolute Gasteiger partial charge is 0.390 e. The molecule has 0 aliphatic rings. The summed E-state index contributed by atoms with van der Waals surface area (Å²) in [6, 6.07) is 3.68. The molecule has 1 aromatic carbocycles. The van der Waals surface area contributed by atoms with Gasteiger partial charge in [-0.2, -0.15) is 0 Å². The van der Waals surface area contributed by atoms with Crippen molar-refractivity contribution in [2.45, 2.75) is 6.10 Å². The van der Waals surface area contributed by atoms with Crippen molar-refractivity contribution in [2.75, 3.05) is 17.7 Å². The standard InChI is InChI=1S/C9H9Br2Cl2NO/c10-7-1-5(2-8(11)9(7)13)14-4-6(15)3-12/h1-2,6,14-15H,3-4H2. The summed E-state index contributed by atoms with van der Waals surface area (Å²) < 4.78 is 1.59. The van der Waals surface area contributed by atoms with Crippen LogP contribution in [0.1, 0.15) is 0 Å². The lowest BCUT2D eigenvalue weighted by Crippen LogP contribution is -2.20. The van der Waals surface area contributed by atoms with E-state index < -0.39 is 6.10 Å². The molecule has 0 saturated heterocycles. The number of aliphatic hydroxyl groups is 1. The number of nitrogens with one attached hydrogen (secondary N) is 1. The molecule has 0 radical (unpaired) electrons. The van der Waals surface area contributed by atoms with Gasteiger partial charge in [-0.25, -0.2) is 0 Å². The molecule has 1 unspecified atom stereocenters. The van der Waals surface area contributed by atoms with Gasteiger partial charge in [0.05, 0.1) is 17.0 Å². The molecule has 2 nitrogen and oxygen atoms in total. The van der Waals surface area contributed by atoms with E-state index in [0.29, 0.717) is 11.6 Å². The Morgan fingerprint density at radius 2 is 1.87 bits per heavy atom. The Morgan fingerprint density at radius 3 is 2.33 bits per heavy atom. The van der Waals surface area contributed by atoms with E-state index in [0.717, 1.165) is 14.6 Å². The van der Waals surface area contributed by atoms with Gasteiger partial charge >= 0.3 is 0 Å². The van der Waals surface area contributed by atoms with Crippen molar-refractivity contribution in [2.24, 2.45) is 0 Å². The summed E-state index contributed by atoms with van der Waals surface area (Å²) in [6.45, 7) is 0.407. The second-order valence-electron chi connectivity index (χ2n) is 2.94. The van der Waals surface area contributed by atoms with E-state index in [1.54, 1.807) is 0 Å². The zero-order valence-corrected chi connectivity index (χ0v) is 12.3. The molecule has 0 aromatic heterocycles. The van der Waals surface area contributed by atoms with E-state index in [-0.39, 0.29) is 5.88 Å². The fourth-order valence-electron chi connectivity index (χ4n) is 0.948. The van der Waals surface area contributed by atoms with E-state index >= 15 is 0 Å². The third kappa shape index (κ3) is 4.11. The fourth-order valence-corrected chi connectivity index (χ4v) is 2.35. The average molecular weight is 378 g/mol. The molecule has 0 fully saturated rings. The number of rotatable bonds is 4. The van der Waals surface area contributed by atoms with Crippen molar-refractivity contribution in [3.05, 3.63) is 26.1 Å². The lowest BCUT2D eigenvalue weighted by Gasteiger charge is -2.11. The molecular formula is C9H9Br2Cl2NO. The van der Waals surface area contributed by atoms with Crippen molar-refractivity contribution in [1.82, 2.24) is 0 Å². The van der Waals surface area contributed by atoms with Crippen LogP contribution in [0.4, 0.5) is 5.69 Å². The Hall–Kier alpha value is 0.520. The molecule has 6 heteroatoms. The number of benzene rings is 1. The molecule has 15 heavy (non-hydrogen) atoms. The van der Waals surface area contributed by atoms with E-state index in [2.05, 4.69) is 37.2 Å². The van der Waals surface area contributed by atoms with Gasteiger partial charge in [0.2, 0.25) is 0 Å². The monoisotopic (exact) mass is 375 g/mol. The smallest absolute Gasteiger partial charge is 0.0847 e. The number of halogens is 4. The number of alkyl halides is 1. The van der Waals surface area contributed by atoms with Crippen LogP contribution in [0.25, 0.3) is 0 Å². The van der Waals surface area contributed by atoms with Gasteiger partial charge in [-0.15, -0.1) is 11.6 Å². The highest BCUT2D eigenvalue weighted by Gasteiger charge is 2.06. The first-order valence-electron chi connectivity index (χ1n) is 4.17. The number of anilines is 1. The highest BCUT2D eigenvalue weighted by Crippen LogP contribution is 2.33. The van der Waals surface area contributed by atoms with Crippen molar-refractivity contribution >= 4 is 60.7 Å². The number of hydrogen-bond acceptors (Lipinski definition) is 2. The highest BCUT2D eigenvalue weighted by molar-refractivity contribution is 9.11. The minimum Gasteiger partial charge on any atom is -0.390 e. The summed E-state index contributed by atoms with van der Waals surface area (Å²) >= 11 is 18.1. The Balaban J connectivity index is 2.70. The van der Waals surface area contributed by atoms with Gasteiger partial charge in [0.1, 0.15) is 0 Å². The Morgan fingerprint density at radius 1 is 1.33 bits per heavy atom. The molecule has 2 N–H and O–H groups in total. The zero-order chi connectivity index (χ0) is 11.4. The van der Waals surface area contributed by atoms with Crippen LogP contribution in [0, 0.1) is 0 Å². The maximum Gasteiger partial charge on any atom is 0.0847 e. The van der Waals surface area contributed by atoms with Gasteiger partial charge in [0.25, 0.3) is 0 Å². The van der Waals surface area contributed by atoms with Gasteiger partial charge < -0.3 is 10.4 Å². The summed E-state index contributed by atoms with van der Waals surface area (Å²) in [5, 5.41) is 12.9. The first-order valence-corrected chi connectivity index (χ1v) is 6.67. The minimum atomic E-state index is -0.556. The van der Waals surface area contributed by atoms with Crippen LogP contribution >= 0.6 is 55.1 Å². The quantitative estimate of drug-likeness (QED) is 0.616. The predicted molar refractivity (Wildman–Crippen MR) is 72.1 cm³/mol. The first kappa shape index (κ1) is 13.6. The summed E-state index contributed by atoms with van der Waals surface area (Å²) in [4.78, 5) is 0. The molecular weight excluding hydrogens is 369 g/mol. The van der Waals surface area contributed by atoms with Gasteiger partial charge in [0, 0.05) is 21.2 Å². The maximum atomic E-state index is 9.27. The summed E-state index contributed by atoms with van der Waals surface area (Å²) in [5.74, 6) is 0.211. The van der Waals surface area contributed by atoms with E-state index in [1.807, 2.05) is 12.1 Å². The van der Waals surface area contributed by atoms with E-state index in [4.69, 9.17) is 23.2 Å². The van der Waals surface area contributed by atoms with Gasteiger partial charge in [-0.1, -0.05) is 11.6 Å². The van der Waals surface area contributed by atoms with Crippen LogP contribution in [0.2, 0.25) is 5.02 Å². The van der Waals surface area contributed by atoms with Gasteiger partial charge in [0.15, 0.2) is 0 Å². The molecule has 0 saturated carbocycles. The van der Waals surface area contributed by atoms with Gasteiger partial charge in [-0.3, -0.25) is 0 Å². The van der Waals surface area contributed by atoms with Gasteiger partial charge in [-0.05, 0) is 44.0 Å². The number of hydrogen-bond donors (Lipinski definition) is 2. The third-order valence-corrected chi connectivity index (χ3v) is 4.17. The van der Waals surface area contributed by atoms with Crippen LogP contribution < -0.4 is 5.32 Å². The molecule has 0 heterocycles. The van der Waals surface area contributed by atoms with E-state index in [1.165, 1.54) is 0 Å². The lowest BCUT2D eigenvalue weighted by molar-refractivity contribution is 0.211. The second kappa shape index (κ2) is 6.30. The van der Waals surface area contributed by atoms with Crippen LogP contribution in [-0.2, 0) is 0 Å². The lowest BCUT2D eigenvalue weighted by atomic mass is 10.3. The summed E-state index contributed by atoms with van der Waals surface area (Å²) in [6.07, 6.45) is -0.556. The maximum absolute atomic E-state index is 9.27. The zero-order valence-electron chi connectivity index (χ0n) is 7.61. The second-order valence-corrected chi connectivity index (χ2v) is 5.34. The van der Waals surface area contributed by atoms with Crippen LogP contribution in [0.15, 0.2) is 21.1 Å². The van der Waals surface area contributed by atoms with E-state index in [9.17, 15) is 5.11 Å². The third-order valence-electron chi connectivity index (χ3n) is 1.70. The van der Waals surface area contributed by atoms with Crippen molar-refractivity contribution in [3.63, 3.8) is 0 Å². The minimum absolute atomic E-state index is 0.211. The molecule has 1 atom stereocenters. The molecule has 1 rings (SSSR count). The summed E-state index contributed by atoms with van der Waals surface area (Å²) in [5.41, 5.74) is 0.863. The molecule has 0 spiro atoms. The van der Waals surface area contributed by atoms with Crippen LogP contribution in [0.5, 0.6) is 0 Å². The molecule has 0 bridgehead atoms. The fraction of sp³-hybridized carbons (Fsp3) is 0.333. The van der Waals surface area contributed by atoms with Crippen molar-refractivity contribution in [3.8, 4) is 0 Å². The molecule has 84 valence electrons. The first-order chi connectivity index (χ1) is 7.04. The van der Waals surface area contributed by atoms with Crippen molar-refractivity contribution < 1.29 is 5.11 Å². The Bertz CT molecular complexity index is 326. The number of aliphatic hydroxyl groups excluding tert-OH is 1. The Labute approximate surface area is 115 Å². The highest BCUT2D eigenvalue weighted by atomic mass is 79.9.